The van der Waals surface area contributed by atoms with Crippen molar-refractivity contribution < 1.29 is 15.0 Å². The molecule has 6 heteroatoms. The highest BCUT2D eigenvalue weighted by Gasteiger charge is 2.29. The first-order chi connectivity index (χ1) is 9.55. The van der Waals surface area contributed by atoms with Gasteiger partial charge in [-0.3, -0.25) is 9.48 Å². The third kappa shape index (κ3) is 3.83. The number of carbonyl (C=O) groups is 1. The molecule has 0 spiro atoms. The largest absolute Gasteiger partial charge is 0.396 e. The Morgan fingerprint density at radius 2 is 1.81 bits per heavy atom. The highest BCUT2D eigenvalue weighted by molar-refractivity contribution is 5.95. The Balaban J connectivity index is 2.97. The number of aliphatic hydroxyl groups is 2. The fraction of sp³-hybridized carbons (Fsp3) is 0.733. The van der Waals surface area contributed by atoms with Crippen molar-refractivity contribution in [1.29, 1.82) is 0 Å². The van der Waals surface area contributed by atoms with Crippen LogP contribution in [0.1, 0.15) is 43.7 Å². The van der Waals surface area contributed by atoms with Crippen LogP contribution in [0.15, 0.2) is 6.20 Å². The Labute approximate surface area is 126 Å². The van der Waals surface area contributed by atoms with Gasteiger partial charge in [0.1, 0.15) is 0 Å². The predicted octanol–water partition coefficient (Wildman–Crippen LogP) is 1.01. The number of aliphatic hydroxyl groups excluding tert-OH is 2. The minimum atomic E-state index is -0.710. The molecule has 0 aliphatic rings. The van der Waals surface area contributed by atoms with Gasteiger partial charge in [-0.1, -0.05) is 6.92 Å². The zero-order valence-corrected chi connectivity index (χ0v) is 13.8. The van der Waals surface area contributed by atoms with E-state index in [1.807, 2.05) is 32.4 Å². The van der Waals surface area contributed by atoms with Crippen molar-refractivity contribution in [1.82, 2.24) is 14.7 Å². The number of hydrogen-bond donors (Lipinski definition) is 2. The van der Waals surface area contributed by atoms with Crippen molar-refractivity contribution in [2.75, 3.05) is 26.8 Å². The van der Waals surface area contributed by atoms with E-state index in [2.05, 4.69) is 5.10 Å². The molecule has 0 bridgehead atoms. The van der Waals surface area contributed by atoms with Crippen LogP contribution < -0.4 is 0 Å². The van der Waals surface area contributed by atoms with E-state index in [1.165, 1.54) is 4.90 Å². The molecule has 1 rings (SSSR count). The maximum Gasteiger partial charge on any atom is 0.257 e. The van der Waals surface area contributed by atoms with Crippen molar-refractivity contribution in [2.24, 2.45) is 5.41 Å². The van der Waals surface area contributed by atoms with Crippen molar-refractivity contribution in [3.8, 4) is 0 Å². The Kier molecular flexibility index (Phi) is 5.17. The Morgan fingerprint density at radius 3 is 2.19 bits per heavy atom. The summed E-state index contributed by atoms with van der Waals surface area (Å²) in [6, 6.07) is 0. The fourth-order valence-corrected chi connectivity index (χ4v) is 2.30. The first-order valence-corrected chi connectivity index (χ1v) is 7.08. The molecule has 1 heterocycles. The summed E-state index contributed by atoms with van der Waals surface area (Å²) in [5, 5.41) is 23.0. The molecule has 6 nitrogen and oxygen atoms in total. The van der Waals surface area contributed by atoms with Crippen LogP contribution in [0.4, 0.5) is 0 Å². The number of nitrogens with zero attached hydrogens (tertiary/aromatic N) is 3. The molecule has 0 aliphatic carbocycles. The van der Waals surface area contributed by atoms with Crippen molar-refractivity contribution in [3.63, 3.8) is 0 Å². The van der Waals surface area contributed by atoms with Crippen LogP contribution in [-0.2, 0) is 5.54 Å². The van der Waals surface area contributed by atoms with Gasteiger partial charge in [-0.15, -0.1) is 0 Å². The molecule has 0 aliphatic heterocycles. The molecule has 0 saturated carbocycles. The number of carbonyl (C=O) groups excluding carboxylic acids is 1. The van der Waals surface area contributed by atoms with E-state index in [1.54, 1.807) is 20.2 Å². The highest BCUT2D eigenvalue weighted by atomic mass is 16.3. The Morgan fingerprint density at radius 1 is 1.29 bits per heavy atom. The average molecular weight is 297 g/mol. The molecular formula is C15H27N3O3. The molecule has 0 fully saturated rings. The summed E-state index contributed by atoms with van der Waals surface area (Å²) in [6.07, 6.45) is 1.58. The fourth-order valence-electron chi connectivity index (χ4n) is 2.30. The zero-order chi connectivity index (χ0) is 16.4. The summed E-state index contributed by atoms with van der Waals surface area (Å²) in [7, 11) is 1.67. The van der Waals surface area contributed by atoms with E-state index in [4.69, 9.17) is 0 Å². The average Bonchev–Trinajstić information content (AvgIpc) is 2.79. The molecule has 1 aromatic rings. The minimum absolute atomic E-state index is 0.156. The SMILES string of the molecule is Cc1c(C(=O)N(C)CC(C)(CO)CO)cnn1C(C)(C)C. The van der Waals surface area contributed by atoms with Crippen molar-refractivity contribution in [2.45, 2.75) is 40.2 Å². The summed E-state index contributed by atoms with van der Waals surface area (Å²) < 4.78 is 1.82. The van der Waals surface area contributed by atoms with Gasteiger partial charge in [-0.2, -0.15) is 5.10 Å². The molecule has 0 saturated heterocycles. The lowest BCUT2D eigenvalue weighted by molar-refractivity contribution is 0.0366. The topological polar surface area (TPSA) is 78.6 Å². The van der Waals surface area contributed by atoms with Gasteiger partial charge < -0.3 is 15.1 Å². The van der Waals surface area contributed by atoms with Gasteiger partial charge in [0, 0.05) is 24.7 Å². The summed E-state index contributed by atoms with van der Waals surface area (Å²) in [5.41, 5.74) is 0.462. The monoisotopic (exact) mass is 297 g/mol. The number of rotatable bonds is 5. The lowest BCUT2D eigenvalue weighted by Crippen LogP contribution is -2.41. The summed E-state index contributed by atoms with van der Waals surface area (Å²) in [4.78, 5) is 14.0. The molecule has 120 valence electrons. The van der Waals surface area contributed by atoms with Crippen LogP contribution in [0.3, 0.4) is 0 Å². The molecule has 0 aromatic carbocycles. The number of amides is 1. The highest BCUT2D eigenvalue weighted by Crippen LogP contribution is 2.21. The van der Waals surface area contributed by atoms with Gasteiger partial charge in [0.2, 0.25) is 0 Å². The molecule has 1 amide bonds. The van der Waals surface area contributed by atoms with E-state index >= 15 is 0 Å². The van der Waals surface area contributed by atoms with Gasteiger partial charge in [-0.05, 0) is 27.7 Å². The first-order valence-electron chi connectivity index (χ1n) is 7.08. The number of hydrogen-bond acceptors (Lipinski definition) is 4. The van der Waals surface area contributed by atoms with E-state index in [-0.39, 0.29) is 31.2 Å². The molecule has 2 N–H and O–H groups in total. The Bertz CT molecular complexity index is 499. The molecule has 0 unspecified atom stereocenters. The third-order valence-electron chi connectivity index (χ3n) is 3.60. The van der Waals surface area contributed by atoms with Crippen LogP contribution >= 0.6 is 0 Å². The maximum atomic E-state index is 12.5. The van der Waals surface area contributed by atoms with E-state index < -0.39 is 5.41 Å². The van der Waals surface area contributed by atoms with Crippen molar-refractivity contribution in [3.05, 3.63) is 17.5 Å². The van der Waals surface area contributed by atoms with E-state index in [0.29, 0.717) is 5.56 Å². The van der Waals surface area contributed by atoms with Crippen LogP contribution in [0.25, 0.3) is 0 Å². The Hall–Kier alpha value is -1.40. The summed E-state index contributed by atoms with van der Waals surface area (Å²) in [5.74, 6) is -0.156. The summed E-state index contributed by atoms with van der Waals surface area (Å²) >= 11 is 0. The molecular weight excluding hydrogens is 270 g/mol. The standard InChI is InChI=1S/C15H27N3O3/c1-11-12(7-16-18(11)14(2,3)4)13(21)17(6)8-15(5,9-19)10-20/h7,19-20H,8-10H2,1-6H3. The minimum Gasteiger partial charge on any atom is -0.396 e. The van der Waals surface area contributed by atoms with Gasteiger partial charge in [0.05, 0.1) is 30.5 Å². The molecule has 0 atom stereocenters. The maximum absolute atomic E-state index is 12.5. The quantitative estimate of drug-likeness (QED) is 0.850. The van der Waals surface area contributed by atoms with Gasteiger partial charge >= 0.3 is 0 Å². The molecule has 0 radical (unpaired) electrons. The van der Waals surface area contributed by atoms with E-state index in [9.17, 15) is 15.0 Å². The van der Waals surface area contributed by atoms with Gasteiger partial charge in [0.15, 0.2) is 0 Å². The second kappa shape index (κ2) is 6.15. The molecule has 1 aromatic heterocycles. The van der Waals surface area contributed by atoms with Crippen LogP contribution in [-0.4, -0.2) is 57.6 Å². The normalized spacial score (nSPS) is 12.6. The predicted molar refractivity (Wildman–Crippen MR) is 81.2 cm³/mol. The first kappa shape index (κ1) is 17.7. The number of aromatic nitrogens is 2. The van der Waals surface area contributed by atoms with Crippen molar-refractivity contribution >= 4 is 5.91 Å². The van der Waals surface area contributed by atoms with E-state index in [0.717, 1.165) is 5.69 Å². The summed E-state index contributed by atoms with van der Waals surface area (Å²) in [6.45, 7) is 9.61. The zero-order valence-electron chi connectivity index (χ0n) is 13.8. The van der Waals surface area contributed by atoms with Gasteiger partial charge in [0.25, 0.3) is 5.91 Å². The van der Waals surface area contributed by atoms with Crippen LogP contribution in [0.2, 0.25) is 0 Å². The lowest BCUT2D eigenvalue weighted by atomic mass is 9.92. The smallest absolute Gasteiger partial charge is 0.257 e. The molecule has 21 heavy (non-hydrogen) atoms. The van der Waals surface area contributed by atoms with Crippen LogP contribution in [0.5, 0.6) is 0 Å². The van der Waals surface area contributed by atoms with Gasteiger partial charge in [-0.25, -0.2) is 0 Å². The van der Waals surface area contributed by atoms with Crippen LogP contribution in [0, 0.1) is 12.3 Å². The second-order valence-corrected chi connectivity index (χ2v) is 7.01. The third-order valence-corrected chi connectivity index (χ3v) is 3.60. The lowest BCUT2D eigenvalue weighted by Gasteiger charge is -2.30. The second-order valence-electron chi connectivity index (χ2n) is 7.01.